The smallest absolute Gasteiger partial charge is 0.140 e. The molecule has 3 rings (SSSR count). The van der Waals surface area contributed by atoms with Gasteiger partial charge < -0.3 is 10.3 Å². The number of aromatic nitrogens is 2. The van der Waals surface area contributed by atoms with Crippen molar-refractivity contribution in [3.8, 4) is 11.3 Å². The quantitative estimate of drug-likeness (QED) is 0.762. The molecule has 4 heteroatoms. The van der Waals surface area contributed by atoms with Crippen molar-refractivity contribution in [2.45, 2.75) is 13.5 Å². The Hall–Kier alpha value is -2.36. The van der Waals surface area contributed by atoms with Gasteiger partial charge in [0.25, 0.3) is 0 Å². The van der Waals surface area contributed by atoms with Crippen molar-refractivity contribution in [1.82, 2.24) is 9.55 Å². The van der Waals surface area contributed by atoms with Gasteiger partial charge in [0.2, 0.25) is 0 Å². The first-order chi connectivity index (χ1) is 9.19. The third-order valence-electron chi connectivity index (χ3n) is 3.21. The minimum Gasteiger partial charge on any atom is -0.397 e. The van der Waals surface area contributed by atoms with Gasteiger partial charge in [-0.25, -0.2) is 9.37 Å². The summed E-state index contributed by atoms with van der Waals surface area (Å²) < 4.78 is 15.1. The first-order valence-electron chi connectivity index (χ1n) is 6.19. The van der Waals surface area contributed by atoms with Crippen molar-refractivity contribution in [2.75, 3.05) is 5.73 Å². The lowest BCUT2D eigenvalue weighted by Gasteiger charge is -2.07. The largest absolute Gasteiger partial charge is 0.397 e. The van der Waals surface area contributed by atoms with Crippen LogP contribution >= 0.6 is 0 Å². The number of anilines is 1. The Morgan fingerprint density at radius 2 is 1.95 bits per heavy atom. The molecule has 2 N–H and O–H groups in total. The van der Waals surface area contributed by atoms with Crippen LogP contribution in [-0.4, -0.2) is 9.55 Å². The second kappa shape index (κ2) is 4.39. The van der Waals surface area contributed by atoms with Crippen LogP contribution in [0.4, 0.5) is 10.1 Å². The van der Waals surface area contributed by atoms with E-state index in [9.17, 15) is 4.39 Å². The van der Waals surface area contributed by atoms with E-state index in [2.05, 4.69) is 16.5 Å². The van der Waals surface area contributed by atoms with Crippen LogP contribution in [0.5, 0.6) is 0 Å². The number of benzene rings is 1. The summed E-state index contributed by atoms with van der Waals surface area (Å²) in [5.74, 6) is -0.231. The molecule has 3 aromatic rings. The number of nitrogens with zero attached hydrogens (tertiary/aromatic N) is 2. The van der Waals surface area contributed by atoms with Gasteiger partial charge in [0.15, 0.2) is 0 Å². The zero-order valence-corrected chi connectivity index (χ0v) is 10.6. The van der Waals surface area contributed by atoms with Crippen LogP contribution in [0.1, 0.15) is 6.92 Å². The van der Waals surface area contributed by atoms with Gasteiger partial charge in [0.05, 0.1) is 17.6 Å². The molecule has 0 aliphatic heterocycles. The van der Waals surface area contributed by atoms with Gasteiger partial charge in [-0.05, 0) is 48.9 Å². The Labute approximate surface area is 110 Å². The summed E-state index contributed by atoms with van der Waals surface area (Å²) >= 11 is 0. The molecule has 0 unspecified atom stereocenters. The van der Waals surface area contributed by atoms with Crippen LogP contribution in [0.2, 0.25) is 0 Å². The molecule has 3 nitrogen and oxygen atoms in total. The van der Waals surface area contributed by atoms with E-state index in [1.54, 1.807) is 18.3 Å². The van der Waals surface area contributed by atoms with Crippen molar-refractivity contribution in [3.05, 3.63) is 48.4 Å². The summed E-state index contributed by atoms with van der Waals surface area (Å²) in [7, 11) is 0. The topological polar surface area (TPSA) is 43.8 Å². The number of rotatable bonds is 2. The maximum atomic E-state index is 13.0. The monoisotopic (exact) mass is 255 g/mol. The van der Waals surface area contributed by atoms with E-state index in [0.29, 0.717) is 5.69 Å². The van der Waals surface area contributed by atoms with Crippen molar-refractivity contribution >= 4 is 16.7 Å². The number of hydrogen-bond donors (Lipinski definition) is 1. The molecule has 2 heterocycles. The molecule has 2 aromatic heterocycles. The summed E-state index contributed by atoms with van der Waals surface area (Å²) in [6.45, 7) is 2.86. The number of fused-ring (bicyclic) bond motifs is 1. The fourth-order valence-corrected chi connectivity index (χ4v) is 2.34. The lowest BCUT2D eigenvalue weighted by atomic mass is 10.1. The highest BCUT2D eigenvalue weighted by molar-refractivity contribution is 5.86. The van der Waals surface area contributed by atoms with Crippen LogP contribution in [0.3, 0.4) is 0 Å². The maximum Gasteiger partial charge on any atom is 0.140 e. The van der Waals surface area contributed by atoms with Crippen LogP contribution in [-0.2, 0) is 6.54 Å². The highest BCUT2D eigenvalue weighted by atomic mass is 19.1. The average molecular weight is 255 g/mol. The van der Waals surface area contributed by atoms with Gasteiger partial charge >= 0.3 is 0 Å². The molecule has 0 aliphatic rings. The third kappa shape index (κ3) is 1.95. The molecule has 0 saturated heterocycles. The molecular weight excluding hydrogens is 241 g/mol. The van der Waals surface area contributed by atoms with Crippen LogP contribution in [0.25, 0.3) is 22.3 Å². The minimum absolute atomic E-state index is 0.231. The van der Waals surface area contributed by atoms with Gasteiger partial charge in [-0.2, -0.15) is 0 Å². The van der Waals surface area contributed by atoms with Crippen LogP contribution < -0.4 is 5.73 Å². The molecule has 0 atom stereocenters. The predicted molar refractivity (Wildman–Crippen MR) is 75.2 cm³/mol. The molecule has 0 fully saturated rings. The van der Waals surface area contributed by atoms with E-state index in [1.807, 2.05) is 12.1 Å². The Bertz CT molecular complexity index is 729. The molecular formula is C15H14FN3. The van der Waals surface area contributed by atoms with E-state index >= 15 is 0 Å². The third-order valence-corrected chi connectivity index (χ3v) is 3.21. The summed E-state index contributed by atoms with van der Waals surface area (Å²) in [5.41, 5.74) is 9.30. The zero-order valence-electron chi connectivity index (χ0n) is 10.6. The first-order valence-corrected chi connectivity index (χ1v) is 6.19. The number of nitrogen functional groups attached to an aromatic ring is 1. The summed E-state index contributed by atoms with van der Waals surface area (Å²) in [6, 6.07) is 10.4. The highest BCUT2D eigenvalue weighted by Crippen LogP contribution is 2.28. The normalized spacial score (nSPS) is 11.1. The molecule has 19 heavy (non-hydrogen) atoms. The van der Waals surface area contributed by atoms with Gasteiger partial charge in [-0.3, -0.25) is 0 Å². The van der Waals surface area contributed by atoms with Crippen molar-refractivity contribution in [1.29, 1.82) is 0 Å². The van der Waals surface area contributed by atoms with Gasteiger partial charge in [-0.1, -0.05) is 0 Å². The second-order valence-corrected chi connectivity index (χ2v) is 4.46. The zero-order chi connectivity index (χ0) is 13.4. The highest BCUT2D eigenvalue weighted by Gasteiger charge is 2.10. The summed E-state index contributed by atoms with van der Waals surface area (Å²) in [4.78, 5) is 4.38. The fraction of sp³-hybridized carbons (Fsp3) is 0.133. The molecule has 0 amide bonds. The maximum absolute atomic E-state index is 13.0. The predicted octanol–water partition coefficient (Wildman–Crippen LogP) is 3.44. The first kappa shape index (κ1) is 11.7. The number of halogens is 1. The second-order valence-electron chi connectivity index (χ2n) is 4.46. The van der Waals surface area contributed by atoms with E-state index in [4.69, 9.17) is 5.73 Å². The lowest BCUT2D eigenvalue weighted by molar-refractivity contribution is 0.628. The summed E-state index contributed by atoms with van der Waals surface area (Å²) in [5, 5.41) is 1.00. The van der Waals surface area contributed by atoms with Crippen molar-refractivity contribution in [3.63, 3.8) is 0 Å². The van der Waals surface area contributed by atoms with E-state index in [-0.39, 0.29) is 5.82 Å². The number of hydrogen-bond acceptors (Lipinski definition) is 2. The van der Waals surface area contributed by atoms with Crippen molar-refractivity contribution in [2.24, 2.45) is 0 Å². The Morgan fingerprint density at radius 1 is 1.21 bits per heavy atom. The summed E-state index contributed by atoms with van der Waals surface area (Å²) in [6.07, 6.45) is 1.66. The van der Waals surface area contributed by atoms with E-state index in [0.717, 1.165) is 28.8 Å². The van der Waals surface area contributed by atoms with Gasteiger partial charge in [0, 0.05) is 11.9 Å². The standard InChI is InChI=1S/C15H14FN3/c1-2-19-14(10-3-5-12(16)6-4-10)8-11-7-13(17)9-18-15(11)19/h3-9H,2,17H2,1H3. The Kier molecular flexibility index (Phi) is 2.71. The Balaban J connectivity index is 2.25. The van der Waals surface area contributed by atoms with Gasteiger partial charge in [-0.15, -0.1) is 0 Å². The number of pyridine rings is 1. The average Bonchev–Trinajstić information content (AvgIpc) is 2.77. The Morgan fingerprint density at radius 3 is 2.63 bits per heavy atom. The molecule has 1 aromatic carbocycles. The van der Waals surface area contributed by atoms with E-state index < -0.39 is 0 Å². The lowest BCUT2D eigenvalue weighted by Crippen LogP contribution is -1.98. The molecule has 0 saturated carbocycles. The van der Waals surface area contributed by atoms with Crippen LogP contribution in [0, 0.1) is 5.82 Å². The molecule has 0 spiro atoms. The number of nitrogens with two attached hydrogens (primary N) is 1. The number of aryl methyl sites for hydroxylation is 1. The molecule has 0 bridgehead atoms. The molecule has 0 radical (unpaired) electrons. The minimum atomic E-state index is -0.231. The molecule has 96 valence electrons. The van der Waals surface area contributed by atoms with E-state index in [1.165, 1.54) is 12.1 Å². The SMILES string of the molecule is CCn1c(-c2ccc(F)cc2)cc2cc(N)cnc21. The molecule has 0 aliphatic carbocycles. The fourth-order valence-electron chi connectivity index (χ4n) is 2.34. The van der Waals surface area contributed by atoms with Crippen molar-refractivity contribution < 1.29 is 4.39 Å². The van der Waals surface area contributed by atoms with Crippen LogP contribution in [0.15, 0.2) is 42.6 Å². The van der Waals surface area contributed by atoms with Gasteiger partial charge in [0.1, 0.15) is 11.5 Å².